The van der Waals surface area contributed by atoms with Crippen molar-refractivity contribution in [2.24, 2.45) is 0 Å². The monoisotopic (exact) mass is 230 g/mol. The summed E-state index contributed by atoms with van der Waals surface area (Å²) in [6, 6.07) is 3.46. The molecule has 1 aliphatic carbocycles. The van der Waals surface area contributed by atoms with E-state index in [1.165, 1.54) is 6.20 Å². The third kappa shape index (κ3) is 2.79. The van der Waals surface area contributed by atoms with E-state index in [9.17, 15) is 4.79 Å². The smallest absolute Gasteiger partial charge is 0.257 e. The van der Waals surface area contributed by atoms with Crippen LogP contribution in [0, 0.1) is 0 Å². The second-order valence-corrected chi connectivity index (χ2v) is 3.71. The van der Waals surface area contributed by atoms with E-state index in [1.54, 1.807) is 25.4 Å². The van der Waals surface area contributed by atoms with Gasteiger partial charge in [-0.2, -0.15) is 0 Å². The summed E-state index contributed by atoms with van der Waals surface area (Å²) in [7, 11) is 1.63. The van der Waals surface area contributed by atoms with Crippen molar-refractivity contribution in [1.29, 1.82) is 0 Å². The van der Waals surface area contributed by atoms with Gasteiger partial charge < -0.3 is 10.1 Å². The average Bonchev–Trinajstić information content (AvgIpc) is 2.40. The van der Waals surface area contributed by atoms with E-state index < -0.39 is 0 Å². The number of hydrogen-bond acceptors (Lipinski definition) is 3. The number of ether oxygens (including phenoxy) is 1. The van der Waals surface area contributed by atoms with Crippen LogP contribution in [-0.2, 0) is 4.74 Å². The van der Waals surface area contributed by atoms with Gasteiger partial charge >= 0.3 is 0 Å². The first-order chi connectivity index (χ1) is 8.31. The number of pyridine rings is 1. The average molecular weight is 230 g/mol. The van der Waals surface area contributed by atoms with E-state index in [1.807, 2.05) is 18.2 Å². The molecule has 2 rings (SSSR count). The van der Waals surface area contributed by atoms with E-state index in [0.717, 1.165) is 12.1 Å². The SMILES string of the molecule is COC1CC=CC=C1NC(=O)c1cccnc1. The lowest BCUT2D eigenvalue weighted by Gasteiger charge is -2.20. The number of carbonyl (C=O) groups excluding carboxylic acids is 1. The van der Waals surface area contributed by atoms with Crippen LogP contribution in [0.25, 0.3) is 0 Å². The Labute approximate surface area is 100 Å². The highest BCUT2D eigenvalue weighted by Gasteiger charge is 2.17. The maximum atomic E-state index is 11.9. The van der Waals surface area contributed by atoms with Gasteiger partial charge in [-0.05, 0) is 24.6 Å². The third-order valence-electron chi connectivity index (χ3n) is 2.58. The zero-order valence-corrected chi connectivity index (χ0v) is 9.59. The molecule has 1 aliphatic rings. The van der Waals surface area contributed by atoms with Crippen LogP contribution in [-0.4, -0.2) is 24.1 Å². The Hall–Kier alpha value is -1.94. The van der Waals surface area contributed by atoms with E-state index in [4.69, 9.17) is 4.74 Å². The molecule has 88 valence electrons. The molecule has 1 aromatic rings. The van der Waals surface area contributed by atoms with Crippen LogP contribution in [0.4, 0.5) is 0 Å². The second-order valence-electron chi connectivity index (χ2n) is 3.71. The molecule has 17 heavy (non-hydrogen) atoms. The lowest BCUT2D eigenvalue weighted by molar-refractivity contribution is 0.0917. The van der Waals surface area contributed by atoms with Crippen molar-refractivity contribution in [3.8, 4) is 0 Å². The van der Waals surface area contributed by atoms with Gasteiger partial charge in [-0.25, -0.2) is 0 Å². The lowest BCUT2D eigenvalue weighted by Crippen LogP contribution is -2.31. The Kier molecular flexibility index (Phi) is 3.67. The van der Waals surface area contributed by atoms with Crippen LogP contribution in [0.3, 0.4) is 0 Å². The number of nitrogens with one attached hydrogen (secondary N) is 1. The van der Waals surface area contributed by atoms with Crippen molar-refractivity contribution >= 4 is 5.91 Å². The number of allylic oxidation sites excluding steroid dienone is 2. The normalized spacial score (nSPS) is 18.6. The van der Waals surface area contributed by atoms with E-state index in [-0.39, 0.29) is 12.0 Å². The number of amides is 1. The number of carbonyl (C=O) groups is 1. The summed E-state index contributed by atoms with van der Waals surface area (Å²) in [6.07, 6.45) is 9.64. The Bertz CT molecular complexity index is 452. The molecule has 0 radical (unpaired) electrons. The molecule has 0 saturated carbocycles. The van der Waals surface area contributed by atoms with Crippen LogP contribution in [0.15, 0.2) is 48.5 Å². The Balaban J connectivity index is 2.08. The van der Waals surface area contributed by atoms with Gasteiger partial charge in [-0.1, -0.05) is 12.2 Å². The number of hydrogen-bond donors (Lipinski definition) is 1. The molecule has 1 unspecified atom stereocenters. The van der Waals surface area contributed by atoms with Gasteiger partial charge in [-0.3, -0.25) is 9.78 Å². The van der Waals surface area contributed by atoms with Crippen LogP contribution < -0.4 is 5.32 Å². The van der Waals surface area contributed by atoms with Crippen LogP contribution >= 0.6 is 0 Å². The first-order valence-corrected chi connectivity index (χ1v) is 5.42. The largest absolute Gasteiger partial charge is 0.375 e. The molecule has 0 spiro atoms. The number of rotatable bonds is 3. The van der Waals surface area contributed by atoms with E-state index >= 15 is 0 Å². The standard InChI is InChI=1S/C13H14N2O2/c1-17-12-7-3-2-6-11(12)15-13(16)10-5-4-8-14-9-10/h2-6,8-9,12H,7H2,1H3,(H,15,16). The van der Waals surface area contributed by atoms with Crippen LogP contribution in [0.2, 0.25) is 0 Å². The molecule has 4 nitrogen and oxygen atoms in total. The topological polar surface area (TPSA) is 51.2 Å². The number of nitrogens with zero attached hydrogens (tertiary/aromatic N) is 1. The quantitative estimate of drug-likeness (QED) is 0.859. The summed E-state index contributed by atoms with van der Waals surface area (Å²) < 4.78 is 5.29. The van der Waals surface area contributed by atoms with Gasteiger partial charge in [0.05, 0.1) is 5.56 Å². The summed E-state index contributed by atoms with van der Waals surface area (Å²) in [4.78, 5) is 15.8. The van der Waals surface area contributed by atoms with Crippen LogP contribution in [0.1, 0.15) is 16.8 Å². The minimum atomic E-state index is -0.165. The Morgan fingerprint density at radius 3 is 3.18 bits per heavy atom. The van der Waals surface area contributed by atoms with Gasteiger partial charge in [-0.15, -0.1) is 0 Å². The highest BCUT2D eigenvalue weighted by molar-refractivity contribution is 5.95. The summed E-state index contributed by atoms with van der Waals surface area (Å²) in [6.45, 7) is 0. The lowest BCUT2D eigenvalue weighted by atomic mass is 10.1. The molecule has 1 atom stereocenters. The molecule has 1 aromatic heterocycles. The van der Waals surface area contributed by atoms with Gasteiger partial charge in [0.15, 0.2) is 0 Å². The molecule has 4 heteroatoms. The van der Waals surface area contributed by atoms with Crippen molar-refractivity contribution < 1.29 is 9.53 Å². The molecule has 1 amide bonds. The summed E-state index contributed by atoms with van der Waals surface area (Å²) in [5, 5.41) is 2.84. The summed E-state index contributed by atoms with van der Waals surface area (Å²) >= 11 is 0. The van der Waals surface area contributed by atoms with E-state index in [0.29, 0.717) is 5.56 Å². The highest BCUT2D eigenvalue weighted by atomic mass is 16.5. The van der Waals surface area contributed by atoms with E-state index in [2.05, 4.69) is 10.3 Å². The fourth-order valence-electron chi connectivity index (χ4n) is 1.65. The predicted molar refractivity (Wildman–Crippen MR) is 64.3 cm³/mol. The fraction of sp³-hybridized carbons (Fsp3) is 0.231. The molecule has 0 fully saturated rings. The number of aromatic nitrogens is 1. The first kappa shape index (κ1) is 11.5. The maximum Gasteiger partial charge on any atom is 0.257 e. The second kappa shape index (κ2) is 5.41. The maximum absolute atomic E-state index is 11.9. The molecular weight excluding hydrogens is 216 g/mol. The van der Waals surface area contributed by atoms with Crippen molar-refractivity contribution in [1.82, 2.24) is 10.3 Å². The zero-order valence-electron chi connectivity index (χ0n) is 9.59. The van der Waals surface area contributed by atoms with Gasteiger partial charge in [0.2, 0.25) is 0 Å². The molecule has 0 saturated heterocycles. The Morgan fingerprint density at radius 2 is 2.47 bits per heavy atom. The third-order valence-corrected chi connectivity index (χ3v) is 2.58. The summed E-state index contributed by atoms with van der Waals surface area (Å²) in [5.41, 5.74) is 1.32. The first-order valence-electron chi connectivity index (χ1n) is 5.42. The van der Waals surface area contributed by atoms with Crippen molar-refractivity contribution in [3.63, 3.8) is 0 Å². The highest BCUT2D eigenvalue weighted by Crippen LogP contribution is 2.14. The van der Waals surface area contributed by atoms with Gasteiger partial charge in [0.25, 0.3) is 5.91 Å². The minimum Gasteiger partial charge on any atom is -0.375 e. The summed E-state index contributed by atoms with van der Waals surface area (Å²) in [5.74, 6) is -0.165. The molecule has 1 heterocycles. The predicted octanol–water partition coefficient (Wildman–Crippen LogP) is 1.67. The molecule has 0 bridgehead atoms. The minimum absolute atomic E-state index is 0.0828. The molecule has 0 aromatic carbocycles. The van der Waals surface area contributed by atoms with Crippen molar-refractivity contribution in [2.75, 3.05) is 7.11 Å². The fourth-order valence-corrected chi connectivity index (χ4v) is 1.65. The van der Waals surface area contributed by atoms with Crippen LogP contribution in [0.5, 0.6) is 0 Å². The van der Waals surface area contributed by atoms with Crippen molar-refractivity contribution in [2.45, 2.75) is 12.5 Å². The van der Waals surface area contributed by atoms with Crippen molar-refractivity contribution in [3.05, 3.63) is 54.0 Å². The van der Waals surface area contributed by atoms with Gasteiger partial charge in [0, 0.05) is 25.2 Å². The molecule has 1 N–H and O–H groups in total. The number of methoxy groups -OCH3 is 1. The molecule has 0 aliphatic heterocycles. The zero-order chi connectivity index (χ0) is 12.1. The molecular formula is C13H14N2O2. The van der Waals surface area contributed by atoms with Gasteiger partial charge in [0.1, 0.15) is 6.10 Å². The Morgan fingerprint density at radius 1 is 1.59 bits per heavy atom.